The molecule has 1 aromatic heterocycles. The Kier molecular flexibility index (Phi) is 1.31. The second-order valence-electron chi connectivity index (χ2n) is 3.19. The van der Waals surface area contributed by atoms with Gasteiger partial charge in [-0.05, 0) is 23.8 Å². The molecule has 0 fully saturated rings. The van der Waals surface area contributed by atoms with Crippen molar-refractivity contribution < 1.29 is 4.79 Å². The van der Waals surface area contributed by atoms with E-state index in [0.717, 1.165) is 22.4 Å². The predicted octanol–water partition coefficient (Wildman–Crippen LogP) is 1.40. The van der Waals surface area contributed by atoms with Gasteiger partial charge in [-0.25, -0.2) is 0 Å². The van der Waals surface area contributed by atoms with Crippen LogP contribution in [0.15, 0.2) is 36.1 Å². The largest absolute Gasteiger partial charge is 0.289 e. The van der Waals surface area contributed by atoms with Gasteiger partial charge in [0, 0.05) is 11.1 Å². The Balaban J connectivity index is 2.29. The number of allylic oxidation sites excluding steroid dienone is 5. The van der Waals surface area contributed by atoms with Crippen molar-refractivity contribution in [2.45, 2.75) is 0 Å². The second kappa shape index (κ2) is 2.48. The summed E-state index contributed by atoms with van der Waals surface area (Å²) in [6.07, 6.45) is 8.69. The molecule has 3 nitrogen and oxygen atoms in total. The molecule has 0 amide bonds. The maximum Gasteiger partial charge on any atom is 0.186 e. The zero-order chi connectivity index (χ0) is 9.54. The molecular formula is C11H6N2O. The van der Waals surface area contributed by atoms with E-state index in [4.69, 9.17) is 0 Å². The minimum absolute atomic E-state index is 0.0421. The van der Waals surface area contributed by atoms with Crippen LogP contribution in [0.4, 0.5) is 0 Å². The van der Waals surface area contributed by atoms with E-state index in [1.807, 2.05) is 12.1 Å². The molecule has 14 heavy (non-hydrogen) atoms. The molecule has 2 aliphatic carbocycles. The van der Waals surface area contributed by atoms with Crippen LogP contribution >= 0.6 is 0 Å². The third-order valence-electron chi connectivity index (χ3n) is 2.39. The van der Waals surface area contributed by atoms with Crippen molar-refractivity contribution in [1.29, 1.82) is 0 Å². The van der Waals surface area contributed by atoms with E-state index in [1.54, 1.807) is 24.4 Å². The van der Waals surface area contributed by atoms with Gasteiger partial charge in [0.1, 0.15) is 0 Å². The summed E-state index contributed by atoms with van der Waals surface area (Å²) in [5.41, 5.74) is 3.46. The smallest absolute Gasteiger partial charge is 0.186 e. The third kappa shape index (κ3) is 0.836. The highest BCUT2D eigenvalue weighted by molar-refractivity contribution is 6.23. The van der Waals surface area contributed by atoms with E-state index in [9.17, 15) is 4.79 Å². The van der Waals surface area contributed by atoms with Gasteiger partial charge in [0.25, 0.3) is 0 Å². The maximum atomic E-state index is 11.5. The van der Waals surface area contributed by atoms with Gasteiger partial charge in [-0.2, -0.15) is 10.2 Å². The van der Waals surface area contributed by atoms with Crippen molar-refractivity contribution >= 4 is 17.4 Å². The van der Waals surface area contributed by atoms with Crippen LogP contribution in [0.2, 0.25) is 0 Å². The number of hydrogen-bond donors (Lipinski definition) is 0. The first-order valence-corrected chi connectivity index (χ1v) is 4.33. The topological polar surface area (TPSA) is 42.9 Å². The lowest BCUT2D eigenvalue weighted by atomic mass is 9.97. The monoisotopic (exact) mass is 182 g/mol. The average Bonchev–Trinajstić information content (AvgIpc) is 2.59. The number of carbonyl (C=O) groups excluding carboxylic acids is 1. The molecule has 0 N–H and O–H groups in total. The Bertz CT molecular complexity index is 524. The van der Waals surface area contributed by atoms with Crippen molar-refractivity contribution in [3.05, 3.63) is 47.3 Å². The summed E-state index contributed by atoms with van der Waals surface area (Å²) in [5, 5.41) is 7.76. The molecule has 3 rings (SSSR count). The van der Waals surface area contributed by atoms with Gasteiger partial charge in [0.15, 0.2) is 5.78 Å². The zero-order valence-electron chi connectivity index (χ0n) is 7.27. The van der Waals surface area contributed by atoms with Crippen molar-refractivity contribution in [3.8, 4) is 0 Å². The summed E-state index contributed by atoms with van der Waals surface area (Å²) in [5.74, 6) is 0.0421. The quantitative estimate of drug-likeness (QED) is 0.609. The van der Waals surface area contributed by atoms with E-state index in [1.165, 1.54) is 0 Å². The lowest BCUT2D eigenvalue weighted by Gasteiger charge is -2.05. The van der Waals surface area contributed by atoms with Crippen LogP contribution in [0.3, 0.4) is 0 Å². The van der Waals surface area contributed by atoms with E-state index in [2.05, 4.69) is 10.2 Å². The number of ketones is 1. The summed E-state index contributed by atoms with van der Waals surface area (Å²) in [6, 6.07) is 1.88. The number of fused-ring (bicyclic) bond motifs is 3. The summed E-state index contributed by atoms with van der Waals surface area (Å²) in [4.78, 5) is 11.5. The van der Waals surface area contributed by atoms with E-state index in [-0.39, 0.29) is 5.78 Å². The molecule has 0 aromatic carbocycles. The van der Waals surface area contributed by atoms with Crippen LogP contribution < -0.4 is 0 Å². The van der Waals surface area contributed by atoms with E-state index < -0.39 is 0 Å². The Morgan fingerprint density at radius 1 is 1.21 bits per heavy atom. The van der Waals surface area contributed by atoms with Crippen molar-refractivity contribution in [2.75, 3.05) is 0 Å². The normalized spacial score (nSPS) is 17.3. The van der Waals surface area contributed by atoms with Crippen LogP contribution in [-0.4, -0.2) is 16.0 Å². The minimum atomic E-state index is 0.0421. The van der Waals surface area contributed by atoms with Gasteiger partial charge in [-0.15, -0.1) is 0 Å². The predicted molar refractivity (Wildman–Crippen MR) is 52.1 cm³/mol. The number of carbonyl (C=O) groups is 1. The lowest BCUT2D eigenvalue weighted by Crippen LogP contribution is -2.00. The second-order valence-corrected chi connectivity index (χ2v) is 3.19. The molecule has 3 heteroatoms. The summed E-state index contributed by atoms with van der Waals surface area (Å²) in [7, 11) is 0. The molecule has 0 unspecified atom stereocenters. The van der Waals surface area contributed by atoms with Crippen LogP contribution in [0.1, 0.15) is 11.3 Å². The molecule has 1 heterocycles. The fourth-order valence-corrected chi connectivity index (χ4v) is 1.74. The first-order chi connectivity index (χ1) is 6.86. The molecule has 0 spiro atoms. The SMILES string of the molecule is O=C1C=CC=C2C1=Cc1nnccc12. The highest BCUT2D eigenvalue weighted by Gasteiger charge is 2.24. The van der Waals surface area contributed by atoms with Crippen LogP contribution in [0, 0.1) is 0 Å². The van der Waals surface area contributed by atoms with Crippen molar-refractivity contribution in [2.24, 2.45) is 0 Å². The zero-order valence-corrected chi connectivity index (χ0v) is 7.27. The number of hydrogen-bond acceptors (Lipinski definition) is 3. The molecule has 2 aliphatic rings. The number of aromatic nitrogens is 2. The Labute approximate surface area is 80.5 Å². The summed E-state index contributed by atoms with van der Waals surface area (Å²) >= 11 is 0. The molecule has 0 bridgehead atoms. The van der Waals surface area contributed by atoms with Crippen molar-refractivity contribution in [1.82, 2.24) is 10.2 Å². The molecule has 0 saturated heterocycles. The average molecular weight is 182 g/mol. The first-order valence-electron chi connectivity index (χ1n) is 4.33. The van der Waals surface area contributed by atoms with E-state index >= 15 is 0 Å². The molecule has 0 saturated carbocycles. The van der Waals surface area contributed by atoms with Gasteiger partial charge in [-0.1, -0.05) is 12.2 Å². The minimum Gasteiger partial charge on any atom is -0.289 e. The fraction of sp³-hybridized carbons (Fsp3) is 0. The third-order valence-corrected chi connectivity index (χ3v) is 2.39. The van der Waals surface area contributed by atoms with Gasteiger partial charge in [0.05, 0.1) is 11.9 Å². The standard InChI is InChI=1S/C11H6N2O/c14-11-3-1-2-7-8-4-5-12-13-10(8)6-9(7)11/h1-6H. The Hall–Kier alpha value is -2.03. The van der Waals surface area contributed by atoms with Gasteiger partial charge in [-0.3, -0.25) is 4.79 Å². The Morgan fingerprint density at radius 2 is 2.14 bits per heavy atom. The number of nitrogens with zero attached hydrogens (tertiary/aromatic N) is 2. The molecule has 66 valence electrons. The maximum absolute atomic E-state index is 11.5. The van der Waals surface area contributed by atoms with E-state index in [0.29, 0.717) is 0 Å². The molecule has 1 aromatic rings. The lowest BCUT2D eigenvalue weighted by molar-refractivity contribution is -0.110. The fourth-order valence-electron chi connectivity index (χ4n) is 1.74. The molecular weight excluding hydrogens is 176 g/mol. The van der Waals surface area contributed by atoms with Crippen LogP contribution in [0.25, 0.3) is 11.6 Å². The number of rotatable bonds is 0. The first kappa shape index (κ1) is 7.38. The Morgan fingerprint density at radius 3 is 3.07 bits per heavy atom. The van der Waals surface area contributed by atoms with Crippen molar-refractivity contribution in [3.63, 3.8) is 0 Å². The molecule has 0 aliphatic heterocycles. The van der Waals surface area contributed by atoms with Gasteiger partial charge < -0.3 is 0 Å². The van der Waals surface area contributed by atoms with Crippen LogP contribution in [0.5, 0.6) is 0 Å². The summed E-state index contributed by atoms with van der Waals surface area (Å²) < 4.78 is 0. The summed E-state index contributed by atoms with van der Waals surface area (Å²) in [6.45, 7) is 0. The highest BCUT2D eigenvalue weighted by atomic mass is 16.1. The highest BCUT2D eigenvalue weighted by Crippen LogP contribution is 2.35. The molecule has 0 radical (unpaired) electrons. The van der Waals surface area contributed by atoms with Crippen LogP contribution in [-0.2, 0) is 4.79 Å². The molecule has 0 atom stereocenters. The van der Waals surface area contributed by atoms with Gasteiger partial charge >= 0.3 is 0 Å². The van der Waals surface area contributed by atoms with Gasteiger partial charge in [0.2, 0.25) is 0 Å².